The van der Waals surface area contributed by atoms with Crippen molar-refractivity contribution >= 4 is 64.7 Å². The van der Waals surface area contributed by atoms with E-state index in [2.05, 4.69) is 28.3 Å². The molecule has 1 aromatic heterocycles. The van der Waals surface area contributed by atoms with Crippen LogP contribution in [0.3, 0.4) is 0 Å². The standard InChI is InChI=1S/C21H28N4O.3ClH/c1-15-9-10-18(23-12-6-14-25(2)13-5-11-22)19-20(15)24-17-8-4-3-7-16(17)21(19)26;;;/h3-4,7-10,23H,5-6,11-14,22H2,1-2H3,(H,24,26);3*1H. The van der Waals surface area contributed by atoms with Crippen LogP contribution < -0.4 is 16.5 Å². The molecular formula is C21H31Cl3N4O. The first kappa shape index (κ1) is 27.5. The number of H-pyrrole nitrogens is 1. The van der Waals surface area contributed by atoms with Gasteiger partial charge in [-0.15, -0.1) is 37.2 Å². The van der Waals surface area contributed by atoms with Gasteiger partial charge < -0.3 is 20.9 Å². The first-order valence-corrected chi connectivity index (χ1v) is 9.28. The van der Waals surface area contributed by atoms with Crippen LogP contribution in [0.15, 0.2) is 41.2 Å². The van der Waals surface area contributed by atoms with E-state index in [1.165, 1.54) is 0 Å². The molecule has 0 aliphatic heterocycles. The molecule has 0 fully saturated rings. The Morgan fingerprint density at radius 2 is 1.72 bits per heavy atom. The van der Waals surface area contributed by atoms with Gasteiger partial charge in [0.05, 0.1) is 10.9 Å². The number of aromatic amines is 1. The largest absolute Gasteiger partial charge is 0.384 e. The summed E-state index contributed by atoms with van der Waals surface area (Å²) < 4.78 is 0. The lowest BCUT2D eigenvalue weighted by molar-refractivity contribution is 0.330. The second-order valence-corrected chi connectivity index (χ2v) is 6.91. The highest BCUT2D eigenvalue weighted by molar-refractivity contribution is 6.00. The molecule has 0 aliphatic carbocycles. The Labute approximate surface area is 190 Å². The smallest absolute Gasteiger partial charge is 0.199 e. The number of halogens is 3. The van der Waals surface area contributed by atoms with Crippen LogP contribution in [-0.4, -0.2) is 43.1 Å². The number of pyridine rings is 1. The Balaban J connectivity index is 0.00000261. The number of nitrogens with two attached hydrogens (primary N) is 1. The minimum Gasteiger partial charge on any atom is -0.384 e. The number of para-hydroxylation sites is 1. The van der Waals surface area contributed by atoms with Gasteiger partial charge in [-0.1, -0.05) is 18.2 Å². The van der Waals surface area contributed by atoms with Crippen molar-refractivity contribution in [2.24, 2.45) is 5.73 Å². The Bertz CT molecular complexity index is 962. The highest BCUT2D eigenvalue weighted by Crippen LogP contribution is 2.24. The summed E-state index contributed by atoms with van der Waals surface area (Å²) in [6, 6.07) is 11.8. The summed E-state index contributed by atoms with van der Waals surface area (Å²) in [5, 5.41) is 4.94. The van der Waals surface area contributed by atoms with Gasteiger partial charge in [-0.3, -0.25) is 4.79 Å². The first-order chi connectivity index (χ1) is 12.6. The minimum absolute atomic E-state index is 0. The number of hydrogen-bond donors (Lipinski definition) is 3. The number of nitrogens with one attached hydrogen (secondary N) is 2. The summed E-state index contributed by atoms with van der Waals surface area (Å²) in [7, 11) is 2.12. The number of fused-ring (bicyclic) bond motifs is 2. The van der Waals surface area contributed by atoms with E-state index in [0.29, 0.717) is 0 Å². The second kappa shape index (κ2) is 12.9. The molecule has 0 amide bonds. The van der Waals surface area contributed by atoms with Crippen LogP contribution in [0.5, 0.6) is 0 Å². The molecule has 162 valence electrons. The van der Waals surface area contributed by atoms with Gasteiger partial charge in [0, 0.05) is 23.1 Å². The predicted molar refractivity (Wildman–Crippen MR) is 133 cm³/mol. The molecule has 0 radical (unpaired) electrons. The molecule has 8 heteroatoms. The van der Waals surface area contributed by atoms with E-state index in [0.717, 1.165) is 72.1 Å². The molecular weight excluding hydrogens is 431 g/mol. The predicted octanol–water partition coefficient (Wildman–Crippen LogP) is 4.34. The average molecular weight is 462 g/mol. The summed E-state index contributed by atoms with van der Waals surface area (Å²) in [5.74, 6) is 0. The maximum Gasteiger partial charge on any atom is 0.199 e. The third-order valence-electron chi connectivity index (χ3n) is 4.85. The van der Waals surface area contributed by atoms with Gasteiger partial charge in [0.1, 0.15) is 0 Å². The molecule has 3 rings (SSSR count). The molecule has 1 heterocycles. The number of aromatic nitrogens is 1. The fourth-order valence-corrected chi connectivity index (χ4v) is 3.36. The molecule has 2 aromatic carbocycles. The number of aryl methyl sites for hydroxylation is 1. The molecule has 3 aromatic rings. The number of nitrogens with zero attached hydrogens (tertiary/aromatic N) is 1. The molecule has 29 heavy (non-hydrogen) atoms. The molecule has 5 nitrogen and oxygen atoms in total. The topological polar surface area (TPSA) is 74.2 Å². The quantitative estimate of drug-likeness (QED) is 0.345. The lowest BCUT2D eigenvalue weighted by Gasteiger charge is -2.17. The molecule has 0 saturated heterocycles. The van der Waals surface area contributed by atoms with Crippen LogP contribution in [0, 0.1) is 6.92 Å². The van der Waals surface area contributed by atoms with Crippen LogP contribution >= 0.6 is 37.2 Å². The van der Waals surface area contributed by atoms with E-state index in [1.807, 2.05) is 37.3 Å². The van der Waals surface area contributed by atoms with Crippen molar-refractivity contribution in [3.8, 4) is 0 Å². The first-order valence-electron chi connectivity index (χ1n) is 9.28. The van der Waals surface area contributed by atoms with Gasteiger partial charge in [-0.25, -0.2) is 0 Å². The maximum atomic E-state index is 13.0. The lowest BCUT2D eigenvalue weighted by Crippen LogP contribution is -2.24. The Hall–Kier alpha value is -1.50. The summed E-state index contributed by atoms with van der Waals surface area (Å²) in [4.78, 5) is 18.8. The van der Waals surface area contributed by atoms with Crippen LogP contribution in [-0.2, 0) is 0 Å². The highest BCUT2D eigenvalue weighted by atomic mass is 35.5. The van der Waals surface area contributed by atoms with E-state index < -0.39 is 0 Å². The van der Waals surface area contributed by atoms with Crippen molar-refractivity contribution < 1.29 is 0 Å². The summed E-state index contributed by atoms with van der Waals surface area (Å²) >= 11 is 0. The molecule has 0 spiro atoms. The van der Waals surface area contributed by atoms with Gasteiger partial charge in [-0.2, -0.15) is 0 Å². The van der Waals surface area contributed by atoms with Crippen molar-refractivity contribution in [3.05, 3.63) is 52.2 Å². The van der Waals surface area contributed by atoms with E-state index >= 15 is 0 Å². The fourth-order valence-electron chi connectivity index (χ4n) is 3.36. The number of rotatable bonds is 8. The van der Waals surface area contributed by atoms with Gasteiger partial charge in [-0.05, 0) is 70.2 Å². The molecule has 0 aliphatic rings. The van der Waals surface area contributed by atoms with Crippen molar-refractivity contribution in [2.75, 3.05) is 38.5 Å². The highest BCUT2D eigenvalue weighted by Gasteiger charge is 2.11. The zero-order valence-electron chi connectivity index (χ0n) is 16.9. The monoisotopic (exact) mass is 460 g/mol. The number of hydrogen-bond acceptors (Lipinski definition) is 4. The van der Waals surface area contributed by atoms with Crippen molar-refractivity contribution in [3.63, 3.8) is 0 Å². The minimum atomic E-state index is 0. The van der Waals surface area contributed by atoms with Crippen molar-refractivity contribution in [1.29, 1.82) is 0 Å². The van der Waals surface area contributed by atoms with Crippen molar-refractivity contribution in [2.45, 2.75) is 19.8 Å². The molecule has 0 unspecified atom stereocenters. The zero-order chi connectivity index (χ0) is 18.5. The molecule has 4 N–H and O–H groups in total. The SMILES string of the molecule is Cc1ccc(NCCCN(C)CCCN)c2c(=O)c3ccccc3[nH]c12.Cl.Cl.Cl. The third kappa shape index (κ3) is 6.49. The van der Waals surface area contributed by atoms with Crippen LogP contribution in [0.1, 0.15) is 18.4 Å². The number of anilines is 1. The van der Waals surface area contributed by atoms with E-state index in [4.69, 9.17) is 5.73 Å². The van der Waals surface area contributed by atoms with E-state index in [-0.39, 0.29) is 42.6 Å². The van der Waals surface area contributed by atoms with Gasteiger partial charge in [0.25, 0.3) is 0 Å². The van der Waals surface area contributed by atoms with Crippen molar-refractivity contribution in [1.82, 2.24) is 9.88 Å². The average Bonchev–Trinajstić information content (AvgIpc) is 2.65. The van der Waals surface area contributed by atoms with Crippen LogP contribution in [0.25, 0.3) is 21.8 Å². The molecule has 0 atom stereocenters. The van der Waals surface area contributed by atoms with E-state index in [1.54, 1.807) is 0 Å². The Morgan fingerprint density at radius 1 is 1.03 bits per heavy atom. The van der Waals surface area contributed by atoms with E-state index in [9.17, 15) is 4.79 Å². The molecule has 0 bridgehead atoms. The normalized spacial score (nSPS) is 10.3. The summed E-state index contributed by atoms with van der Waals surface area (Å²) in [5.41, 5.74) is 9.42. The van der Waals surface area contributed by atoms with Crippen LogP contribution in [0.2, 0.25) is 0 Å². The summed E-state index contributed by atoms with van der Waals surface area (Å²) in [6.07, 6.45) is 2.04. The second-order valence-electron chi connectivity index (χ2n) is 6.91. The fraction of sp³-hybridized carbons (Fsp3) is 0.381. The van der Waals surface area contributed by atoms with Crippen LogP contribution in [0.4, 0.5) is 5.69 Å². The molecule has 0 saturated carbocycles. The number of benzene rings is 2. The van der Waals surface area contributed by atoms with Gasteiger partial charge >= 0.3 is 0 Å². The maximum absolute atomic E-state index is 13.0. The third-order valence-corrected chi connectivity index (χ3v) is 4.85. The Morgan fingerprint density at radius 3 is 2.45 bits per heavy atom. The van der Waals surface area contributed by atoms with Gasteiger partial charge in [0.15, 0.2) is 5.43 Å². The zero-order valence-corrected chi connectivity index (χ0v) is 19.3. The Kier molecular flexibility index (Phi) is 12.3. The summed E-state index contributed by atoms with van der Waals surface area (Å²) in [6.45, 7) is 5.63. The lowest BCUT2D eigenvalue weighted by atomic mass is 10.0. The van der Waals surface area contributed by atoms with Gasteiger partial charge in [0.2, 0.25) is 0 Å².